The van der Waals surface area contributed by atoms with E-state index in [1.807, 2.05) is 20.8 Å². The van der Waals surface area contributed by atoms with E-state index >= 15 is 0 Å². The lowest BCUT2D eigenvalue weighted by Gasteiger charge is -2.32. The van der Waals surface area contributed by atoms with E-state index in [9.17, 15) is 19.2 Å². The third-order valence-electron chi connectivity index (χ3n) is 5.34. The normalized spacial score (nSPS) is 16.7. The van der Waals surface area contributed by atoms with Crippen molar-refractivity contribution in [2.75, 3.05) is 13.1 Å². The first-order valence-corrected chi connectivity index (χ1v) is 11.6. The Bertz CT molecular complexity index is 1060. The van der Waals surface area contributed by atoms with Gasteiger partial charge in [-0.05, 0) is 45.7 Å². The number of nitrogens with zero attached hydrogens (tertiary/aromatic N) is 3. The van der Waals surface area contributed by atoms with Crippen LogP contribution >= 0.6 is 11.3 Å². The van der Waals surface area contributed by atoms with Gasteiger partial charge in [-0.1, -0.05) is 17.2 Å². The van der Waals surface area contributed by atoms with E-state index in [2.05, 4.69) is 4.98 Å². The number of carbonyl (C=O) groups is 4. The van der Waals surface area contributed by atoms with Crippen LogP contribution in [0.4, 0.5) is 4.79 Å². The summed E-state index contributed by atoms with van der Waals surface area (Å²) in [7, 11) is 0. The van der Waals surface area contributed by atoms with Crippen molar-refractivity contribution >= 4 is 35.2 Å². The number of benzene rings is 1. The van der Waals surface area contributed by atoms with Gasteiger partial charge in [0.1, 0.15) is 5.60 Å². The Hall–Kier alpha value is -3.27. The van der Waals surface area contributed by atoms with Crippen LogP contribution in [-0.2, 0) is 20.8 Å². The summed E-state index contributed by atoms with van der Waals surface area (Å²) >= 11 is 1.45. The molecule has 174 valence electrons. The van der Waals surface area contributed by atoms with Gasteiger partial charge in [-0.2, -0.15) is 0 Å². The Morgan fingerprint density at radius 1 is 1.09 bits per heavy atom. The predicted molar refractivity (Wildman–Crippen MR) is 119 cm³/mol. The van der Waals surface area contributed by atoms with Gasteiger partial charge < -0.3 is 14.5 Å². The number of aromatic nitrogens is 1. The average molecular weight is 472 g/mol. The lowest BCUT2D eigenvalue weighted by Crippen LogP contribution is -2.41. The largest absolute Gasteiger partial charge is 0.444 e. The third-order valence-corrected chi connectivity index (χ3v) is 6.40. The van der Waals surface area contributed by atoms with Crippen molar-refractivity contribution < 1.29 is 28.8 Å². The monoisotopic (exact) mass is 471 g/mol. The number of piperidine rings is 1. The standard InChI is InChI=1S/C23H25N3O6S/c1-23(2,3)31-22(30)25-10-8-14(9-11-25)19-24-15(13-33-19)12-18(27)32-26-20(28)16-6-4-5-7-17(16)21(26)29/h4-7,13-14H,8-12H2,1-3H3. The zero-order valence-corrected chi connectivity index (χ0v) is 19.5. The third kappa shape index (κ3) is 5.05. The molecule has 0 unspecified atom stereocenters. The Balaban J connectivity index is 1.30. The maximum Gasteiger partial charge on any atom is 0.410 e. The number of hydrogen-bond acceptors (Lipinski definition) is 8. The van der Waals surface area contributed by atoms with E-state index in [1.54, 1.807) is 22.4 Å². The molecule has 0 aliphatic carbocycles. The van der Waals surface area contributed by atoms with E-state index < -0.39 is 23.4 Å². The second-order valence-corrected chi connectivity index (χ2v) is 9.90. The molecule has 9 nitrogen and oxygen atoms in total. The molecular formula is C23H25N3O6S. The molecule has 2 aromatic rings. The van der Waals surface area contributed by atoms with E-state index in [-0.39, 0.29) is 29.6 Å². The topological polar surface area (TPSA) is 106 Å². The number of imide groups is 1. The molecule has 2 aliphatic heterocycles. The first-order valence-electron chi connectivity index (χ1n) is 10.7. The highest BCUT2D eigenvalue weighted by Crippen LogP contribution is 2.31. The van der Waals surface area contributed by atoms with E-state index in [4.69, 9.17) is 9.57 Å². The second kappa shape index (κ2) is 8.93. The zero-order chi connectivity index (χ0) is 23.8. The maximum atomic E-state index is 12.4. The van der Waals surface area contributed by atoms with Crippen LogP contribution in [0, 0.1) is 0 Å². The summed E-state index contributed by atoms with van der Waals surface area (Å²) < 4.78 is 5.43. The van der Waals surface area contributed by atoms with Crippen LogP contribution in [0.5, 0.6) is 0 Å². The Labute approximate surface area is 195 Å². The molecule has 1 aromatic heterocycles. The number of amides is 3. The molecule has 0 N–H and O–H groups in total. The summed E-state index contributed by atoms with van der Waals surface area (Å²) in [6.45, 7) is 6.68. The molecule has 3 amide bonds. The van der Waals surface area contributed by atoms with Gasteiger partial charge in [0.05, 0.1) is 28.2 Å². The van der Waals surface area contributed by atoms with Crippen LogP contribution in [0.15, 0.2) is 29.6 Å². The fourth-order valence-electron chi connectivity index (χ4n) is 3.76. The number of fused-ring (bicyclic) bond motifs is 1. The number of rotatable bonds is 4. The van der Waals surface area contributed by atoms with Crippen LogP contribution in [0.3, 0.4) is 0 Å². The number of likely N-dealkylation sites (tertiary alicyclic amines) is 1. The van der Waals surface area contributed by atoms with Crippen LogP contribution in [0.2, 0.25) is 0 Å². The van der Waals surface area contributed by atoms with Crippen molar-refractivity contribution in [3.05, 3.63) is 51.5 Å². The molecule has 0 bridgehead atoms. The lowest BCUT2D eigenvalue weighted by atomic mass is 9.98. The van der Waals surface area contributed by atoms with E-state index in [0.29, 0.717) is 23.8 Å². The van der Waals surface area contributed by atoms with Gasteiger partial charge in [-0.15, -0.1) is 11.3 Å². The Kier molecular flexibility index (Phi) is 6.20. The molecule has 4 rings (SSSR count). The van der Waals surface area contributed by atoms with Crippen molar-refractivity contribution in [2.45, 2.75) is 51.6 Å². The number of hydrogen-bond donors (Lipinski definition) is 0. The highest BCUT2D eigenvalue weighted by atomic mass is 32.1. The molecule has 33 heavy (non-hydrogen) atoms. The smallest absolute Gasteiger partial charge is 0.410 e. The minimum atomic E-state index is -0.735. The SMILES string of the molecule is CC(C)(C)OC(=O)N1CCC(c2nc(CC(=O)ON3C(=O)c4ccccc4C3=O)cs2)CC1. The molecule has 0 atom stereocenters. The van der Waals surface area contributed by atoms with E-state index in [1.165, 1.54) is 23.5 Å². The molecular weight excluding hydrogens is 446 g/mol. The fraction of sp³-hybridized carbons (Fsp3) is 0.435. The van der Waals surface area contributed by atoms with Gasteiger partial charge in [-0.25, -0.2) is 14.6 Å². The summed E-state index contributed by atoms with van der Waals surface area (Å²) in [5.41, 5.74) is 0.416. The average Bonchev–Trinajstić information content (AvgIpc) is 3.32. The molecule has 2 aliphatic rings. The number of carbonyl (C=O) groups excluding carboxylic acids is 4. The predicted octanol–water partition coefficient (Wildman–Crippen LogP) is 3.55. The lowest BCUT2D eigenvalue weighted by molar-refractivity contribution is -0.167. The van der Waals surface area contributed by atoms with Crippen molar-refractivity contribution in [2.24, 2.45) is 0 Å². The summed E-state index contributed by atoms with van der Waals surface area (Å²) in [6.07, 6.45) is 1.05. The minimum absolute atomic E-state index is 0.152. The summed E-state index contributed by atoms with van der Waals surface area (Å²) in [4.78, 5) is 60.6. The second-order valence-electron chi connectivity index (χ2n) is 9.01. The van der Waals surface area contributed by atoms with Gasteiger partial charge >= 0.3 is 12.1 Å². The fourth-order valence-corrected chi connectivity index (χ4v) is 4.75. The molecule has 1 saturated heterocycles. The highest BCUT2D eigenvalue weighted by molar-refractivity contribution is 7.09. The minimum Gasteiger partial charge on any atom is -0.444 e. The summed E-state index contributed by atoms with van der Waals surface area (Å²) in [5.74, 6) is -1.85. The molecule has 0 spiro atoms. The molecule has 1 fully saturated rings. The van der Waals surface area contributed by atoms with Gasteiger partial charge in [0.2, 0.25) is 0 Å². The van der Waals surface area contributed by atoms with Gasteiger partial charge in [0, 0.05) is 24.4 Å². The molecule has 3 heterocycles. The number of ether oxygens (including phenoxy) is 1. The highest BCUT2D eigenvalue weighted by Gasteiger charge is 2.38. The van der Waals surface area contributed by atoms with Crippen LogP contribution < -0.4 is 0 Å². The first kappa shape index (κ1) is 22.9. The molecule has 1 aromatic carbocycles. The van der Waals surface area contributed by atoms with Crippen molar-refractivity contribution in [3.63, 3.8) is 0 Å². The summed E-state index contributed by atoms with van der Waals surface area (Å²) in [6, 6.07) is 6.32. The molecule has 10 heteroatoms. The summed E-state index contributed by atoms with van der Waals surface area (Å²) in [5, 5.41) is 3.17. The van der Waals surface area contributed by atoms with Gasteiger partial charge in [0.15, 0.2) is 0 Å². The van der Waals surface area contributed by atoms with Crippen molar-refractivity contribution in [1.29, 1.82) is 0 Å². The Morgan fingerprint density at radius 3 is 2.27 bits per heavy atom. The van der Waals surface area contributed by atoms with Gasteiger partial charge in [0.25, 0.3) is 11.8 Å². The van der Waals surface area contributed by atoms with Crippen molar-refractivity contribution in [3.8, 4) is 0 Å². The van der Waals surface area contributed by atoms with Crippen LogP contribution in [0.1, 0.15) is 70.9 Å². The zero-order valence-electron chi connectivity index (χ0n) is 18.7. The molecule has 0 saturated carbocycles. The quantitative estimate of drug-likeness (QED) is 0.628. The maximum absolute atomic E-state index is 12.4. The number of thiazole rings is 1. The number of hydroxylamine groups is 2. The van der Waals surface area contributed by atoms with Crippen LogP contribution in [-0.4, -0.2) is 57.5 Å². The van der Waals surface area contributed by atoms with Crippen molar-refractivity contribution in [1.82, 2.24) is 14.9 Å². The molecule has 0 radical (unpaired) electrons. The van der Waals surface area contributed by atoms with E-state index in [0.717, 1.165) is 17.8 Å². The first-order chi connectivity index (χ1) is 15.6. The van der Waals surface area contributed by atoms with Gasteiger partial charge in [-0.3, -0.25) is 9.59 Å². The van der Waals surface area contributed by atoms with Crippen LogP contribution in [0.25, 0.3) is 0 Å². The Morgan fingerprint density at radius 2 is 1.70 bits per heavy atom.